The summed E-state index contributed by atoms with van der Waals surface area (Å²) in [6.07, 6.45) is 10.5. The minimum atomic E-state index is -5.68. The molecule has 0 amide bonds. The minimum Gasteiger partial charge on any atom is -0.416 e. The highest BCUT2D eigenvalue weighted by Gasteiger charge is 2.67. The van der Waals surface area contributed by atoms with Crippen LogP contribution in [-0.2, 0) is 10.1 Å². The van der Waals surface area contributed by atoms with Gasteiger partial charge in [-0.3, -0.25) is 4.55 Å². The number of hydrogen-bond acceptors (Lipinski definition) is 10. The molecule has 1 N–H and O–H groups in total. The first-order chi connectivity index (χ1) is 28.4. The predicted octanol–water partition coefficient (Wildman–Crippen LogP) is 10.2. The molecular formula is C43H42F4O5S7. The van der Waals surface area contributed by atoms with Crippen LogP contribution >= 0.6 is 70.6 Å². The lowest BCUT2D eigenvalue weighted by Gasteiger charge is -2.40. The van der Waals surface area contributed by atoms with Crippen molar-refractivity contribution in [2.75, 3.05) is 0 Å². The van der Waals surface area contributed by atoms with E-state index < -0.39 is 50.0 Å². The number of esters is 1. The van der Waals surface area contributed by atoms with Gasteiger partial charge >= 0.3 is 16.1 Å². The molecule has 12 fully saturated rings. The van der Waals surface area contributed by atoms with Crippen molar-refractivity contribution >= 4 is 86.7 Å². The first-order valence-electron chi connectivity index (χ1n) is 21.6. The third kappa shape index (κ3) is 5.01. The molecule has 0 aromatic heterocycles. The van der Waals surface area contributed by atoms with Crippen molar-refractivity contribution in [3.8, 4) is 5.75 Å². The molecule has 0 spiro atoms. The topological polar surface area (TPSA) is 80.7 Å². The van der Waals surface area contributed by atoms with Gasteiger partial charge in [-0.2, -0.15) is 87.8 Å². The highest BCUT2D eigenvalue weighted by molar-refractivity contribution is 8.04. The average Bonchev–Trinajstić information content (AvgIpc) is 4.08. The molecule has 0 saturated carbocycles. The van der Waals surface area contributed by atoms with Gasteiger partial charge in [0.2, 0.25) is 17.4 Å². The molecule has 14 rings (SSSR count). The van der Waals surface area contributed by atoms with E-state index in [9.17, 15) is 13.0 Å². The quantitative estimate of drug-likeness (QED) is 0.0989. The van der Waals surface area contributed by atoms with E-state index in [0.29, 0.717) is 98.8 Å². The van der Waals surface area contributed by atoms with Crippen LogP contribution in [0.1, 0.15) is 103 Å². The Bertz CT molecular complexity index is 2270. The molecule has 12 bridgehead atoms. The van der Waals surface area contributed by atoms with E-state index in [1.165, 1.54) is 44.1 Å². The molecule has 0 aliphatic carbocycles. The van der Waals surface area contributed by atoms with E-state index >= 15 is 22.4 Å². The summed E-state index contributed by atoms with van der Waals surface area (Å²) in [5.74, 6) is -7.45. The van der Waals surface area contributed by atoms with Gasteiger partial charge < -0.3 is 4.74 Å². The zero-order valence-corrected chi connectivity index (χ0v) is 37.3. The van der Waals surface area contributed by atoms with Gasteiger partial charge in [0.25, 0.3) is 0 Å². The number of rotatable bonds is 6. The molecular weight excluding hydrogens is 897 g/mol. The van der Waals surface area contributed by atoms with Crippen LogP contribution in [0.2, 0.25) is 0 Å². The fourth-order valence-corrected chi connectivity index (χ4v) is 30.1. The van der Waals surface area contributed by atoms with Gasteiger partial charge in [-0.25, -0.2) is 13.6 Å². The van der Waals surface area contributed by atoms with Crippen molar-refractivity contribution in [3.63, 3.8) is 0 Å². The zero-order chi connectivity index (χ0) is 39.7. The molecule has 2 aromatic carbocycles. The molecule has 12 aliphatic rings. The van der Waals surface area contributed by atoms with Crippen LogP contribution in [0.4, 0.5) is 17.6 Å². The Balaban J connectivity index is 0.932. The Hall–Kier alpha value is -0.360. The van der Waals surface area contributed by atoms with Crippen LogP contribution in [0.15, 0.2) is 17.0 Å². The van der Waals surface area contributed by atoms with Gasteiger partial charge in [0.05, 0.1) is 5.56 Å². The van der Waals surface area contributed by atoms with Gasteiger partial charge in [0.1, 0.15) is 0 Å². The summed E-state index contributed by atoms with van der Waals surface area (Å²) in [7, 11) is -5.68. The molecule has 12 heterocycles. The van der Waals surface area contributed by atoms with Crippen molar-refractivity contribution in [1.82, 2.24) is 0 Å². The summed E-state index contributed by atoms with van der Waals surface area (Å²) in [5.41, 5.74) is 3.34. The lowest BCUT2D eigenvalue weighted by atomic mass is 9.62. The minimum absolute atomic E-state index is 0.0200. The average molecular weight is 939 g/mol. The van der Waals surface area contributed by atoms with Crippen LogP contribution in [0.5, 0.6) is 5.75 Å². The zero-order valence-electron chi connectivity index (χ0n) is 31.6. The fraction of sp³-hybridized carbons (Fsp3) is 0.698. The monoisotopic (exact) mass is 938 g/mol. The third-order valence-corrected chi connectivity index (χ3v) is 29.2. The molecule has 12 saturated heterocycles. The van der Waals surface area contributed by atoms with Gasteiger partial charge in [0, 0.05) is 63.0 Å². The molecule has 5 nitrogen and oxygen atoms in total. The number of thioether (sulfide) groups is 6. The summed E-state index contributed by atoms with van der Waals surface area (Å²) < 4.78 is 100. The summed E-state index contributed by atoms with van der Waals surface area (Å²) in [6.45, 7) is 0. The SMILES string of the molecule is O=C(Oc1c(F)c(F)c(S(=O)(=O)O)c(F)c1F)c1c(C2CC3SC2C2C4CCC(S4)C32)cc(C2CC3SC2C2C4CCC(S4)C32)cc1C1CC2SC1C1C3CCC(S3)C21. The molecule has 314 valence electrons. The Kier molecular flexibility index (Phi) is 8.31. The van der Waals surface area contributed by atoms with Crippen LogP contribution in [-0.4, -0.2) is 81.9 Å². The molecule has 59 heavy (non-hydrogen) atoms. The van der Waals surface area contributed by atoms with E-state index in [1.807, 2.05) is 0 Å². The molecule has 16 heteroatoms. The van der Waals surface area contributed by atoms with E-state index in [1.54, 1.807) is 0 Å². The van der Waals surface area contributed by atoms with Gasteiger partial charge in [0.15, 0.2) is 16.5 Å². The maximum absolute atomic E-state index is 15.7. The Morgan fingerprint density at radius 1 is 0.542 bits per heavy atom. The maximum Gasteiger partial charge on any atom is 0.344 e. The van der Waals surface area contributed by atoms with Crippen molar-refractivity contribution in [3.05, 3.63) is 57.7 Å². The summed E-state index contributed by atoms with van der Waals surface area (Å²) >= 11 is 12.9. The van der Waals surface area contributed by atoms with Crippen LogP contribution in [0.3, 0.4) is 0 Å². The highest BCUT2D eigenvalue weighted by Crippen LogP contribution is 2.74. The normalized spacial score (nSPS) is 49.5. The summed E-state index contributed by atoms with van der Waals surface area (Å²) in [5, 5.41) is 6.69. The lowest BCUT2D eigenvalue weighted by molar-refractivity contribution is 0.0711. The standard InChI is InChI=1S/C43H42F4O5S7/c44-34-36(46)42(59(49,50)51)37(47)35(45)38(34)52-43(48)27-14(16-10-25-29-19-2-5-22(54-19)32(29)40(16)57-25)7-12(13-9-24-28-18-1-4-21(53-18)31(28)39(13)56-24)8-15(27)17-11-26-30-20-3-6-23(55-20)33(30)41(17)58-26/h7-8,13,16-26,28-33,39-41H,1-6,9-11H2,(H,49,50,51). The Morgan fingerprint density at radius 3 is 1.32 bits per heavy atom. The van der Waals surface area contributed by atoms with Crippen molar-refractivity contribution in [1.29, 1.82) is 0 Å². The van der Waals surface area contributed by atoms with Crippen LogP contribution in [0.25, 0.3) is 0 Å². The summed E-state index contributed by atoms with van der Waals surface area (Å²) in [4.78, 5) is 13.0. The maximum atomic E-state index is 15.7. The first kappa shape index (κ1) is 38.0. The van der Waals surface area contributed by atoms with Crippen molar-refractivity contribution < 1.29 is 40.1 Å². The fourth-order valence-electron chi connectivity index (χ4n) is 15.8. The van der Waals surface area contributed by atoms with Crippen molar-refractivity contribution in [2.24, 2.45) is 35.5 Å². The van der Waals surface area contributed by atoms with Gasteiger partial charge in [-0.1, -0.05) is 12.1 Å². The highest BCUT2D eigenvalue weighted by atomic mass is 32.2. The largest absolute Gasteiger partial charge is 0.416 e. The second-order valence-corrected chi connectivity index (χ2v) is 29.7. The van der Waals surface area contributed by atoms with Crippen molar-refractivity contribution in [2.45, 2.75) is 143 Å². The number of fused-ring (bicyclic) bond motifs is 27. The van der Waals surface area contributed by atoms with E-state index in [-0.39, 0.29) is 11.8 Å². The Morgan fingerprint density at radius 2 is 0.915 bits per heavy atom. The Labute approximate surface area is 366 Å². The number of hydrogen-bond donors (Lipinski definition) is 1. The number of ether oxygens (including phenoxy) is 1. The molecule has 21 atom stereocenters. The van der Waals surface area contributed by atoms with Gasteiger partial charge in [-0.05, 0) is 128 Å². The first-order valence-corrected chi connectivity index (χ1v) is 28.7. The summed E-state index contributed by atoms with van der Waals surface area (Å²) in [6, 6.07) is 4.54. The second kappa shape index (κ2) is 12.9. The van der Waals surface area contributed by atoms with E-state index in [0.717, 1.165) is 41.6 Å². The number of carbonyl (C=O) groups is 1. The van der Waals surface area contributed by atoms with Crippen LogP contribution in [0, 0.1) is 58.8 Å². The third-order valence-electron chi connectivity index (χ3n) is 17.5. The van der Waals surface area contributed by atoms with E-state index in [2.05, 4.69) is 82.7 Å². The van der Waals surface area contributed by atoms with Crippen LogP contribution < -0.4 is 4.74 Å². The lowest BCUT2D eigenvalue weighted by Crippen LogP contribution is -2.41. The molecule has 12 aliphatic heterocycles. The second-order valence-electron chi connectivity index (χ2n) is 19.6. The van der Waals surface area contributed by atoms with E-state index in [4.69, 9.17) is 4.74 Å². The smallest absolute Gasteiger partial charge is 0.344 e. The predicted molar refractivity (Wildman–Crippen MR) is 229 cm³/mol. The molecule has 0 radical (unpaired) electrons. The molecule has 2 aromatic rings. The number of carbonyl (C=O) groups excluding carboxylic acids is 1. The van der Waals surface area contributed by atoms with Gasteiger partial charge in [-0.15, -0.1) is 0 Å². The number of benzene rings is 2. The number of halogens is 4. The molecule has 21 unspecified atom stereocenters.